The number of alkyl halides is 2. The summed E-state index contributed by atoms with van der Waals surface area (Å²) in [4.78, 5) is 16.4. The summed E-state index contributed by atoms with van der Waals surface area (Å²) >= 11 is 0. The highest BCUT2D eigenvalue weighted by Crippen LogP contribution is 2.38. The number of nitro groups is 1. The molecule has 1 saturated heterocycles. The van der Waals surface area contributed by atoms with Crippen LogP contribution in [-0.4, -0.2) is 48.7 Å². The van der Waals surface area contributed by atoms with Crippen molar-refractivity contribution >= 4 is 16.6 Å². The number of halogens is 2. The summed E-state index contributed by atoms with van der Waals surface area (Å²) in [6.07, 6.45) is 3.82. The highest BCUT2D eigenvalue weighted by atomic mass is 19.3. The van der Waals surface area contributed by atoms with Gasteiger partial charge in [0, 0.05) is 29.2 Å². The van der Waals surface area contributed by atoms with Crippen LogP contribution in [0.4, 0.5) is 14.5 Å². The number of methoxy groups -OCH3 is 2. The second-order valence-electron chi connectivity index (χ2n) is 7.97. The first kappa shape index (κ1) is 22.8. The van der Waals surface area contributed by atoms with Crippen LogP contribution in [0.5, 0.6) is 17.2 Å². The van der Waals surface area contributed by atoms with Crippen molar-refractivity contribution in [2.75, 3.05) is 27.3 Å². The number of nitro benzene ring substituents is 1. The Hall–Kier alpha value is -3.40. The van der Waals surface area contributed by atoms with E-state index in [1.807, 2.05) is 24.4 Å². The molecule has 0 aliphatic carbocycles. The van der Waals surface area contributed by atoms with E-state index in [9.17, 15) is 18.9 Å². The van der Waals surface area contributed by atoms with E-state index in [0.717, 1.165) is 48.6 Å². The van der Waals surface area contributed by atoms with Crippen molar-refractivity contribution in [1.82, 2.24) is 9.88 Å². The van der Waals surface area contributed by atoms with Gasteiger partial charge in [0.05, 0.1) is 25.2 Å². The van der Waals surface area contributed by atoms with Crippen LogP contribution in [0.25, 0.3) is 10.9 Å². The Kier molecular flexibility index (Phi) is 6.64. The zero-order valence-corrected chi connectivity index (χ0v) is 18.3. The molecular weight excluding hydrogens is 436 g/mol. The Morgan fingerprint density at radius 2 is 1.91 bits per heavy atom. The fourth-order valence-corrected chi connectivity index (χ4v) is 4.46. The van der Waals surface area contributed by atoms with E-state index in [2.05, 4.69) is 14.6 Å². The number of aromatic nitrogens is 1. The number of hydrogen-bond acceptors (Lipinski definition) is 6. The van der Waals surface area contributed by atoms with E-state index in [-0.39, 0.29) is 17.2 Å². The third kappa shape index (κ3) is 4.85. The predicted molar refractivity (Wildman–Crippen MR) is 118 cm³/mol. The topological polar surface area (TPSA) is 89.9 Å². The van der Waals surface area contributed by atoms with Crippen LogP contribution in [0.2, 0.25) is 0 Å². The lowest BCUT2D eigenvalue weighted by molar-refractivity contribution is -0.385. The third-order valence-corrected chi connectivity index (χ3v) is 6.12. The lowest BCUT2D eigenvalue weighted by Gasteiger charge is -2.32. The summed E-state index contributed by atoms with van der Waals surface area (Å²) in [6.45, 7) is -1.30. The molecule has 0 saturated carbocycles. The van der Waals surface area contributed by atoms with Crippen molar-refractivity contribution in [2.45, 2.75) is 31.9 Å². The van der Waals surface area contributed by atoms with Crippen LogP contribution < -0.4 is 14.2 Å². The van der Waals surface area contributed by atoms with Crippen molar-refractivity contribution in [3.8, 4) is 17.2 Å². The van der Waals surface area contributed by atoms with Gasteiger partial charge in [-0.15, -0.1) is 0 Å². The first-order valence-electron chi connectivity index (χ1n) is 10.6. The molecular formula is C23H25F2N3O5. The Morgan fingerprint density at radius 3 is 2.55 bits per heavy atom. The number of aromatic amines is 1. The molecule has 0 unspecified atom stereocenters. The molecule has 33 heavy (non-hydrogen) atoms. The van der Waals surface area contributed by atoms with E-state index < -0.39 is 11.5 Å². The average Bonchev–Trinajstić information content (AvgIpc) is 3.22. The maximum absolute atomic E-state index is 12.7. The molecule has 2 heterocycles. The van der Waals surface area contributed by atoms with Crippen LogP contribution >= 0.6 is 0 Å². The molecule has 4 rings (SSSR count). The number of likely N-dealkylation sites (tertiary alicyclic amines) is 1. The first-order chi connectivity index (χ1) is 15.9. The van der Waals surface area contributed by atoms with Gasteiger partial charge < -0.3 is 19.2 Å². The van der Waals surface area contributed by atoms with Gasteiger partial charge in [0.25, 0.3) is 5.69 Å². The molecule has 1 aromatic heterocycles. The van der Waals surface area contributed by atoms with Crippen molar-refractivity contribution < 1.29 is 27.9 Å². The van der Waals surface area contributed by atoms with Crippen molar-refractivity contribution in [3.63, 3.8) is 0 Å². The first-order valence-corrected chi connectivity index (χ1v) is 10.6. The van der Waals surface area contributed by atoms with Crippen LogP contribution in [0.15, 0.2) is 36.5 Å². The second-order valence-corrected chi connectivity index (χ2v) is 7.97. The normalized spacial score (nSPS) is 15.2. The fourth-order valence-electron chi connectivity index (χ4n) is 4.46. The minimum atomic E-state index is -3.10. The predicted octanol–water partition coefficient (Wildman–Crippen LogP) is 5.07. The molecule has 0 atom stereocenters. The minimum absolute atomic E-state index is 0.0403. The molecule has 1 aliphatic heterocycles. The number of nitrogens with one attached hydrogen (secondary N) is 1. The summed E-state index contributed by atoms with van der Waals surface area (Å²) in [5.74, 6) is 0.852. The Morgan fingerprint density at radius 1 is 1.15 bits per heavy atom. The minimum Gasteiger partial charge on any atom is -0.497 e. The molecule has 0 bridgehead atoms. The smallest absolute Gasteiger partial charge is 0.387 e. The molecule has 2 aromatic carbocycles. The van der Waals surface area contributed by atoms with Gasteiger partial charge in [-0.05, 0) is 61.7 Å². The van der Waals surface area contributed by atoms with E-state index in [1.165, 1.54) is 18.7 Å². The summed E-state index contributed by atoms with van der Waals surface area (Å²) in [5.41, 5.74) is 2.43. The highest BCUT2D eigenvalue weighted by molar-refractivity contribution is 5.85. The summed E-state index contributed by atoms with van der Waals surface area (Å²) in [6, 6.07) is 8.37. The SMILES string of the molecule is COc1ccc2[nH]cc(C3CCN(Cc4cc(OC)c(OC(F)F)cc4[N+](=O)[O-])CC3)c2c1. The molecule has 10 heteroatoms. The van der Waals surface area contributed by atoms with E-state index >= 15 is 0 Å². The lowest BCUT2D eigenvalue weighted by Crippen LogP contribution is -2.32. The van der Waals surface area contributed by atoms with Gasteiger partial charge in [0.2, 0.25) is 0 Å². The quantitative estimate of drug-likeness (QED) is 0.372. The molecule has 3 aromatic rings. The fraction of sp³-hybridized carbons (Fsp3) is 0.391. The van der Waals surface area contributed by atoms with Crippen molar-refractivity contribution in [2.24, 2.45) is 0 Å². The van der Waals surface area contributed by atoms with Gasteiger partial charge in [-0.25, -0.2) is 0 Å². The van der Waals surface area contributed by atoms with E-state index in [0.29, 0.717) is 18.0 Å². The molecule has 1 aliphatic rings. The second kappa shape index (κ2) is 9.62. The number of hydrogen-bond donors (Lipinski definition) is 1. The number of H-pyrrole nitrogens is 1. The summed E-state index contributed by atoms with van der Waals surface area (Å²) in [7, 11) is 2.96. The van der Waals surface area contributed by atoms with Gasteiger partial charge in [-0.1, -0.05) is 0 Å². The largest absolute Gasteiger partial charge is 0.497 e. The molecule has 0 spiro atoms. The highest BCUT2D eigenvalue weighted by Gasteiger charge is 2.27. The number of rotatable bonds is 8. The average molecular weight is 461 g/mol. The zero-order valence-electron chi connectivity index (χ0n) is 18.3. The molecule has 0 radical (unpaired) electrons. The number of piperidine rings is 1. The van der Waals surface area contributed by atoms with Gasteiger partial charge in [-0.3, -0.25) is 15.0 Å². The summed E-state index contributed by atoms with van der Waals surface area (Å²) in [5, 5.41) is 12.7. The van der Waals surface area contributed by atoms with Crippen LogP contribution in [-0.2, 0) is 6.54 Å². The van der Waals surface area contributed by atoms with Crippen LogP contribution in [0.3, 0.4) is 0 Å². The maximum atomic E-state index is 12.7. The standard InChI is InChI=1S/C23H25F2N3O5/c1-31-16-3-4-19-17(10-16)18(12-26-19)14-5-7-27(8-6-14)13-15-9-21(32-2)22(33-23(24)25)11-20(15)28(29)30/h3-4,9-12,14,23,26H,5-8,13H2,1-2H3. The Balaban J connectivity index is 1.49. The number of benzene rings is 2. The molecule has 176 valence electrons. The number of nitrogens with zero attached hydrogens (tertiary/aromatic N) is 2. The molecule has 1 N–H and O–H groups in total. The Bertz CT molecular complexity index is 1140. The van der Waals surface area contributed by atoms with E-state index in [1.54, 1.807) is 7.11 Å². The summed E-state index contributed by atoms with van der Waals surface area (Å²) < 4.78 is 40.2. The van der Waals surface area contributed by atoms with Crippen LogP contribution in [0.1, 0.15) is 29.9 Å². The van der Waals surface area contributed by atoms with E-state index in [4.69, 9.17) is 9.47 Å². The Labute approximate surface area is 189 Å². The van der Waals surface area contributed by atoms with Gasteiger partial charge in [-0.2, -0.15) is 8.78 Å². The number of ether oxygens (including phenoxy) is 3. The van der Waals surface area contributed by atoms with Crippen LogP contribution in [0, 0.1) is 10.1 Å². The third-order valence-electron chi connectivity index (χ3n) is 6.12. The van der Waals surface area contributed by atoms with Crippen molar-refractivity contribution in [3.05, 3.63) is 57.8 Å². The van der Waals surface area contributed by atoms with Gasteiger partial charge in [0.1, 0.15) is 5.75 Å². The van der Waals surface area contributed by atoms with Crippen molar-refractivity contribution in [1.29, 1.82) is 0 Å². The lowest BCUT2D eigenvalue weighted by atomic mass is 9.89. The maximum Gasteiger partial charge on any atom is 0.387 e. The molecule has 0 amide bonds. The monoisotopic (exact) mass is 461 g/mol. The van der Waals surface area contributed by atoms with Gasteiger partial charge >= 0.3 is 6.61 Å². The van der Waals surface area contributed by atoms with Gasteiger partial charge in [0.15, 0.2) is 11.5 Å². The molecule has 1 fully saturated rings. The zero-order chi connectivity index (χ0) is 23.5. The molecule has 8 nitrogen and oxygen atoms in total. The number of fused-ring (bicyclic) bond motifs is 1.